The van der Waals surface area contributed by atoms with Crippen molar-refractivity contribution < 1.29 is 29.6 Å². The van der Waals surface area contributed by atoms with Gasteiger partial charge in [0.25, 0.3) is 0 Å². The molecule has 0 aromatic heterocycles. The number of rotatable bonds is 5. The van der Waals surface area contributed by atoms with Gasteiger partial charge in [0, 0.05) is 0 Å². The summed E-state index contributed by atoms with van der Waals surface area (Å²) in [5, 5.41) is 28.2. The minimum absolute atomic E-state index is 0.0995. The third kappa shape index (κ3) is 3.66. The van der Waals surface area contributed by atoms with Crippen LogP contribution < -0.4 is 9.47 Å². The zero-order valence-corrected chi connectivity index (χ0v) is 12.9. The summed E-state index contributed by atoms with van der Waals surface area (Å²) in [6.07, 6.45) is 1.86. The molecule has 0 saturated heterocycles. The highest BCUT2D eigenvalue weighted by Crippen LogP contribution is 2.36. The van der Waals surface area contributed by atoms with Gasteiger partial charge in [0.15, 0.2) is 28.7 Å². The molecule has 0 heterocycles. The highest BCUT2D eigenvalue weighted by molar-refractivity contribution is 5.92. The van der Waals surface area contributed by atoms with Crippen molar-refractivity contribution >= 4 is 5.97 Å². The second-order valence-corrected chi connectivity index (χ2v) is 4.99. The smallest absolute Gasteiger partial charge is 0.343 e. The molecule has 0 atom stereocenters. The van der Waals surface area contributed by atoms with Gasteiger partial charge in [0.05, 0.1) is 12.7 Å². The van der Waals surface area contributed by atoms with Crippen LogP contribution in [0, 0.1) is 0 Å². The molecular formula is C17H18O6. The van der Waals surface area contributed by atoms with Crippen molar-refractivity contribution in [1.82, 2.24) is 0 Å². The molecule has 0 spiro atoms. The maximum atomic E-state index is 12.1. The molecule has 0 fully saturated rings. The molecule has 0 aliphatic carbocycles. The van der Waals surface area contributed by atoms with Crippen molar-refractivity contribution in [3.63, 3.8) is 0 Å². The Morgan fingerprint density at radius 1 is 1.04 bits per heavy atom. The lowest BCUT2D eigenvalue weighted by Gasteiger charge is -2.11. The van der Waals surface area contributed by atoms with Crippen LogP contribution in [0.2, 0.25) is 0 Å². The number of ether oxygens (including phenoxy) is 2. The fourth-order valence-electron chi connectivity index (χ4n) is 2.12. The van der Waals surface area contributed by atoms with Crippen LogP contribution in [0.5, 0.6) is 28.7 Å². The van der Waals surface area contributed by atoms with Crippen molar-refractivity contribution in [3.05, 3.63) is 41.5 Å². The Morgan fingerprint density at radius 3 is 2.26 bits per heavy atom. The van der Waals surface area contributed by atoms with E-state index in [9.17, 15) is 20.1 Å². The first-order valence-corrected chi connectivity index (χ1v) is 7.10. The molecule has 6 nitrogen and oxygen atoms in total. The molecule has 122 valence electrons. The van der Waals surface area contributed by atoms with E-state index < -0.39 is 23.2 Å². The van der Waals surface area contributed by atoms with E-state index in [1.165, 1.54) is 7.11 Å². The predicted octanol–water partition coefficient (Wildman–Crippen LogP) is 2.98. The Hall–Kier alpha value is -2.89. The fourth-order valence-corrected chi connectivity index (χ4v) is 2.12. The zero-order valence-electron chi connectivity index (χ0n) is 12.9. The van der Waals surface area contributed by atoms with E-state index in [2.05, 4.69) is 6.92 Å². The lowest BCUT2D eigenvalue weighted by atomic mass is 10.1. The number of hydrogen-bond acceptors (Lipinski definition) is 6. The number of phenolic OH excluding ortho intramolecular Hbond substituents is 3. The van der Waals surface area contributed by atoms with Crippen LogP contribution in [0.15, 0.2) is 30.3 Å². The van der Waals surface area contributed by atoms with E-state index in [4.69, 9.17) is 9.47 Å². The third-order valence-electron chi connectivity index (χ3n) is 3.27. The largest absolute Gasteiger partial charge is 0.504 e. The van der Waals surface area contributed by atoms with E-state index in [0.717, 1.165) is 30.5 Å². The van der Waals surface area contributed by atoms with E-state index in [1.807, 2.05) is 6.07 Å². The maximum absolute atomic E-state index is 12.1. The fraction of sp³-hybridized carbons (Fsp3) is 0.235. The summed E-state index contributed by atoms with van der Waals surface area (Å²) in [6.45, 7) is 2.06. The number of methoxy groups -OCH3 is 1. The topological polar surface area (TPSA) is 96.2 Å². The van der Waals surface area contributed by atoms with Crippen LogP contribution in [0.25, 0.3) is 0 Å². The Balaban J connectivity index is 2.26. The molecule has 0 radical (unpaired) electrons. The van der Waals surface area contributed by atoms with Crippen molar-refractivity contribution in [2.75, 3.05) is 7.11 Å². The van der Waals surface area contributed by atoms with Crippen molar-refractivity contribution in [1.29, 1.82) is 0 Å². The third-order valence-corrected chi connectivity index (χ3v) is 3.27. The lowest BCUT2D eigenvalue weighted by molar-refractivity contribution is 0.0728. The number of phenols is 3. The number of esters is 1. The van der Waals surface area contributed by atoms with Crippen LogP contribution in [-0.2, 0) is 6.42 Å². The first-order chi connectivity index (χ1) is 11.0. The lowest BCUT2D eigenvalue weighted by Crippen LogP contribution is -2.09. The molecule has 2 aromatic rings. The second-order valence-electron chi connectivity index (χ2n) is 4.99. The zero-order chi connectivity index (χ0) is 17.0. The van der Waals surface area contributed by atoms with Gasteiger partial charge in [-0.2, -0.15) is 0 Å². The molecule has 0 amide bonds. The summed E-state index contributed by atoms with van der Waals surface area (Å²) in [7, 11) is 1.47. The Bertz CT molecular complexity index is 700. The van der Waals surface area contributed by atoms with Gasteiger partial charge in [-0.15, -0.1) is 0 Å². The Kier molecular flexibility index (Phi) is 4.95. The quantitative estimate of drug-likeness (QED) is 0.445. The standard InChI is InChI=1S/C17H18O6/c1-3-4-10-5-6-14(15(7-10)22-2)23-17(21)11-8-12(18)16(20)13(19)9-11/h5-9,18-20H,3-4H2,1-2H3. The monoisotopic (exact) mass is 318 g/mol. The SMILES string of the molecule is CCCc1ccc(OC(=O)c2cc(O)c(O)c(O)c2)c(OC)c1. The van der Waals surface area contributed by atoms with Crippen molar-refractivity contribution in [2.24, 2.45) is 0 Å². The Morgan fingerprint density at radius 2 is 1.70 bits per heavy atom. The average Bonchev–Trinajstić information content (AvgIpc) is 2.53. The molecule has 0 aliphatic heterocycles. The van der Waals surface area contributed by atoms with E-state index in [1.54, 1.807) is 12.1 Å². The highest BCUT2D eigenvalue weighted by Gasteiger charge is 2.17. The van der Waals surface area contributed by atoms with Crippen molar-refractivity contribution in [3.8, 4) is 28.7 Å². The number of aromatic hydroxyl groups is 3. The van der Waals surface area contributed by atoms with Gasteiger partial charge in [-0.1, -0.05) is 19.4 Å². The molecule has 0 saturated carbocycles. The number of benzene rings is 2. The normalized spacial score (nSPS) is 10.3. The molecule has 6 heteroatoms. The Labute approximate surface area is 133 Å². The molecule has 0 bridgehead atoms. The van der Waals surface area contributed by atoms with Crippen LogP contribution in [0.1, 0.15) is 29.3 Å². The van der Waals surface area contributed by atoms with Gasteiger partial charge in [0.2, 0.25) is 0 Å². The number of hydrogen-bond donors (Lipinski definition) is 3. The van der Waals surface area contributed by atoms with Gasteiger partial charge >= 0.3 is 5.97 Å². The highest BCUT2D eigenvalue weighted by atomic mass is 16.6. The number of carbonyl (C=O) groups excluding carboxylic acids is 1. The summed E-state index contributed by atoms with van der Waals surface area (Å²) in [5.41, 5.74) is 0.960. The van der Waals surface area contributed by atoms with E-state index in [-0.39, 0.29) is 11.3 Å². The summed E-state index contributed by atoms with van der Waals surface area (Å²) in [4.78, 5) is 12.1. The number of aryl methyl sites for hydroxylation is 1. The van der Waals surface area contributed by atoms with Gasteiger partial charge in [-0.05, 0) is 36.2 Å². The van der Waals surface area contributed by atoms with Crippen LogP contribution >= 0.6 is 0 Å². The van der Waals surface area contributed by atoms with E-state index >= 15 is 0 Å². The van der Waals surface area contributed by atoms with Gasteiger partial charge in [-0.3, -0.25) is 0 Å². The maximum Gasteiger partial charge on any atom is 0.343 e. The number of carbonyl (C=O) groups is 1. The van der Waals surface area contributed by atoms with E-state index in [0.29, 0.717) is 5.75 Å². The van der Waals surface area contributed by atoms with Gasteiger partial charge in [0.1, 0.15) is 0 Å². The van der Waals surface area contributed by atoms with Crippen LogP contribution in [0.3, 0.4) is 0 Å². The van der Waals surface area contributed by atoms with Gasteiger partial charge < -0.3 is 24.8 Å². The molecule has 2 aromatic carbocycles. The first kappa shape index (κ1) is 16.5. The summed E-state index contributed by atoms with van der Waals surface area (Å²) >= 11 is 0. The molecule has 3 N–H and O–H groups in total. The molecule has 2 rings (SSSR count). The summed E-state index contributed by atoms with van der Waals surface area (Å²) in [6, 6.07) is 7.27. The minimum atomic E-state index is -0.794. The van der Waals surface area contributed by atoms with Crippen LogP contribution in [0.4, 0.5) is 0 Å². The van der Waals surface area contributed by atoms with Crippen molar-refractivity contribution in [2.45, 2.75) is 19.8 Å². The minimum Gasteiger partial charge on any atom is -0.504 e. The van der Waals surface area contributed by atoms with Crippen LogP contribution in [-0.4, -0.2) is 28.4 Å². The van der Waals surface area contributed by atoms with Gasteiger partial charge in [-0.25, -0.2) is 4.79 Å². The second kappa shape index (κ2) is 6.91. The molecular weight excluding hydrogens is 300 g/mol. The first-order valence-electron chi connectivity index (χ1n) is 7.10. The summed E-state index contributed by atoms with van der Waals surface area (Å²) < 4.78 is 10.5. The predicted molar refractivity (Wildman–Crippen MR) is 83.4 cm³/mol. The average molecular weight is 318 g/mol. The molecule has 23 heavy (non-hydrogen) atoms. The summed E-state index contributed by atoms with van der Waals surface area (Å²) in [5.74, 6) is -2.06. The molecule has 0 unspecified atom stereocenters. The molecule has 0 aliphatic rings.